The van der Waals surface area contributed by atoms with Gasteiger partial charge in [0.05, 0.1) is 23.6 Å². The lowest BCUT2D eigenvalue weighted by Crippen LogP contribution is -2.45. The Hall–Kier alpha value is -3.75. The van der Waals surface area contributed by atoms with Crippen molar-refractivity contribution in [2.75, 3.05) is 13.2 Å². The van der Waals surface area contributed by atoms with Crippen molar-refractivity contribution in [3.05, 3.63) is 63.7 Å². The number of ether oxygens (including phenoxy) is 2. The van der Waals surface area contributed by atoms with Gasteiger partial charge >= 0.3 is 5.69 Å². The van der Waals surface area contributed by atoms with E-state index in [0.29, 0.717) is 6.42 Å². The Morgan fingerprint density at radius 1 is 1.20 bits per heavy atom. The van der Waals surface area contributed by atoms with E-state index in [1.54, 1.807) is 32.0 Å². The average Bonchev–Trinajstić information content (AvgIpc) is 2.84. The molecule has 1 aliphatic rings. The molecular weight excluding hydrogens is 392 g/mol. The molecule has 9 heteroatoms. The minimum absolute atomic E-state index is 0.00254. The van der Waals surface area contributed by atoms with Gasteiger partial charge in [0.15, 0.2) is 17.6 Å². The van der Waals surface area contributed by atoms with Crippen molar-refractivity contribution >= 4 is 23.3 Å². The lowest BCUT2D eigenvalue weighted by atomic mass is 10.1. The minimum Gasteiger partial charge on any atom is -0.487 e. The molecule has 1 atom stereocenters. The molecule has 156 valence electrons. The molecule has 0 bridgehead atoms. The molecule has 30 heavy (non-hydrogen) atoms. The lowest BCUT2D eigenvalue weighted by Gasteiger charge is -2.21. The van der Waals surface area contributed by atoms with E-state index in [1.165, 1.54) is 18.2 Å². The van der Waals surface area contributed by atoms with Crippen molar-refractivity contribution in [1.82, 2.24) is 4.90 Å². The SMILES string of the molecule is CCOc1ccc(C(=O)CN2C(=O)c3ccccc3O[C@@H](CC)C2=O)cc1[N+](=O)[O-]. The summed E-state index contributed by atoms with van der Waals surface area (Å²) in [5, 5.41) is 11.3. The van der Waals surface area contributed by atoms with Crippen LogP contribution in [0.15, 0.2) is 42.5 Å². The van der Waals surface area contributed by atoms with Gasteiger partial charge in [0.25, 0.3) is 11.8 Å². The monoisotopic (exact) mass is 412 g/mol. The summed E-state index contributed by atoms with van der Waals surface area (Å²) in [6, 6.07) is 10.2. The number of nitro benzene ring substituents is 1. The number of carbonyl (C=O) groups is 3. The molecule has 2 amide bonds. The van der Waals surface area contributed by atoms with Gasteiger partial charge in [0.1, 0.15) is 5.75 Å². The molecule has 0 unspecified atom stereocenters. The smallest absolute Gasteiger partial charge is 0.311 e. The van der Waals surface area contributed by atoms with Gasteiger partial charge in [0, 0.05) is 11.6 Å². The highest BCUT2D eigenvalue weighted by molar-refractivity contribution is 6.12. The van der Waals surface area contributed by atoms with Crippen molar-refractivity contribution < 1.29 is 28.8 Å². The predicted molar refractivity (Wildman–Crippen MR) is 106 cm³/mol. The van der Waals surface area contributed by atoms with Gasteiger partial charge in [-0.3, -0.25) is 29.4 Å². The molecule has 9 nitrogen and oxygen atoms in total. The van der Waals surface area contributed by atoms with Crippen molar-refractivity contribution in [3.8, 4) is 11.5 Å². The van der Waals surface area contributed by atoms with E-state index in [2.05, 4.69) is 0 Å². The molecule has 2 aromatic carbocycles. The zero-order chi connectivity index (χ0) is 21.8. The summed E-state index contributed by atoms with van der Waals surface area (Å²) in [5.41, 5.74) is -0.194. The van der Waals surface area contributed by atoms with E-state index in [0.717, 1.165) is 11.0 Å². The number of hydrogen-bond acceptors (Lipinski definition) is 7. The molecular formula is C21H20N2O7. The van der Waals surface area contributed by atoms with Crippen molar-refractivity contribution in [2.45, 2.75) is 26.4 Å². The number of amides is 2. The maximum Gasteiger partial charge on any atom is 0.311 e. The molecule has 0 aliphatic carbocycles. The van der Waals surface area contributed by atoms with Gasteiger partial charge in [-0.1, -0.05) is 19.1 Å². The number of fused-ring (bicyclic) bond motifs is 1. The summed E-state index contributed by atoms with van der Waals surface area (Å²) >= 11 is 0. The Balaban J connectivity index is 1.93. The average molecular weight is 412 g/mol. The number of nitro groups is 1. The maximum absolute atomic E-state index is 12.9. The molecule has 0 saturated heterocycles. The van der Waals surface area contributed by atoms with E-state index >= 15 is 0 Å². The van der Waals surface area contributed by atoms with Gasteiger partial charge in [0.2, 0.25) is 0 Å². The molecule has 0 N–H and O–H groups in total. The van der Waals surface area contributed by atoms with E-state index in [4.69, 9.17) is 9.47 Å². The standard InChI is InChI=1S/C21H20N2O7/c1-3-17-21(26)22(20(25)14-7-5-6-8-18(14)30-17)12-16(24)13-9-10-19(29-4-2)15(11-13)23(27)28/h5-11,17H,3-4,12H2,1-2H3/t17-/m0/s1. The number of Topliss-reactive ketones (excluding diaryl/α,β-unsaturated/α-hetero) is 1. The van der Waals surface area contributed by atoms with Crippen LogP contribution < -0.4 is 9.47 Å². The van der Waals surface area contributed by atoms with E-state index < -0.39 is 35.2 Å². The highest BCUT2D eigenvalue weighted by atomic mass is 16.6. The lowest BCUT2D eigenvalue weighted by molar-refractivity contribution is -0.385. The highest BCUT2D eigenvalue weighted by Gasteiger charge is 2.36. The van der Waals surface area contributed by atoms with Gasteiger partial charge < -0.3 is 9.47 Å². The fourth-order valence-corrected chi connectivity index (χ4v) is 3.12. The Bertz CT molecular complexity index is 1020. The molecule has 2 aromatic rings. The third kappa shape index (κ3) is 4.00. The third-order valence-corrected chi connectivity index (χ3v) is 4.62. The fourth-order valence-electron chi connectivity index (χ4n) is 3.12. The van der Waals surface area contributed by atoms with Crippen molar-refractivity contribution in [1.29, 1.82) is 0 Å². The Morgan fingerprint density at radius 2 is 1.93 bits per heavy atom. The second kappa shape index (κ2) is 8.73. The van der Waals surface area contributed by atoms with Gasteiger partial charge in [-0.15, -0.1) is 0 Å². The number of hydrogen-bond donors (Lipinski definition) is 0. The molecule has 3 rings (SSSR count). The van der Waals surface area contributed by atoms with E-state index in [1.807, 2.05) is 0 Å². The summed E-state index contributed by atoms with van der Waals surface area (Å²) in [6.45, 7) is 3.08. The topological polar surface area (TPSA) is 116 Å². The molecule has 0 aromatic heterocycles. The van der Waals surface area contributed by atoms with Crippen molar-refractivity contribution in [3.63, 3.8) is 0 Å². The normalized spacial score (nSPS) is 15.8. The first-order valence-electron chi connectivity index (χ1n) is 9.43. The van der Waals surface area contributed by atoms with Crippen LogP contribution in [0.4, 0.5) is 5.69 Å². The first kappa shape index (κ1) is 21.0. The molecule has 0 spiro atoms. The predicted octanol–water partition coefficient (Wildman–Crippen LogP) is 3.02. The summed E-state index contributed by atoms with van der Waals surface area (Å²) in [7, 11) is 0. The summed E-state index contributed by atoms with van der Waals surface area (Å²) in [5.74, 6) is -1.59. The molecule has 0 saturated carbocycles. The Labute approximate surface area is 172 Å². The van der Waals surface area contributed by atoms with Crippen LogP contribution in [0.5, 0.6) is 11.5 Å². The van der Waals surface area contributed by atoms with E-state index in [-0.39, 0.29) is 34.9 Å². The van der Waals surface area contributed by atoms with Crippen LogP contribution in [0.1, 0.15) is 41.0 Å². The van der Waals surface area contributed by atoms with Crippen LogP contribution in [0.25, 0.3) is 0 Å². The fraction of sp³-hybridized carbons (Fsp3) is 0.286. The van der Waals surface area contributed by atoms with Crippen LogP contribution in [0.2, 0.25) is 0 Å². The molecule has 0 radical (unpaired) electrons. The van der Waals surface area contributed by atoms with Crippen LogP contribution in [-0.2, 0) is 4.79 Å². The largest absolute Gasteiger partial charge is 0.487 e. The van der Waals surface area contributed by atoms with Gasteiger partial charge in [-0.25, -0.2) is 0 Å². The van der Waals surface area contributed by atoms with Gasteiger partial charge in [-0.2, -0.15) is 0 Å². The zero-order valence-electron chi connectivity index (χ0n) is 16.5. The molecule has 1 aliphatic heterocycles. The number of para-hydroxylation sites is 1. The second-order valence-electron chi connectivity index (χ2n) is 6.54. The Kier molecular flexibility index (Phi) is 6.10. The van der Waals surface area contributed by atoms with Gasteiger partial charge in [-0.05, 0) is 37.6 Å². The summed E-state index contributed by atoms with van der Waals surface area (Å²) < 4.78 is 10.9. The number of rotatable bonds is 7. The summed E-state index contributed by atoms with van der Waals surface area (Å²) in [6.07, 6.45) is -0.611. The first-order chi connectivity index (χ1) is 14.4. The summed E-state index contributed by atoms with van der Waals surface area (Å²) in [4.78, 5) is 50.1. The van der Waals surface area contributed by atoms with Crippen LogP contribution in [0.3, 0.4) is 0 Å². The molecule has 0 fully saturated rings. The third-order valence-electron chi connectivity index (χ3n) is 4.62. The highest BCUT2D eigenvalue weighted by Crippen LogP contribution is 2.29. The quantitative estimate of drug-likeness (QED) is 0.297. The van der Waals surface area contributed by atoms with Crippen molar-refractivity contribution in [2.24, 2.45) is 0 Å². The van der Waals surface area contributed by atoms with Crippen LogP contribution in [-0.4, -0.2) is 46.7 Å². The first-order valence-corrected chi connectivity index (χ1v) is 9.43. The number of ketones is 1. The number of benzene rings is 2. The van der Waals surface area contributed by atoms with Crippen LogP contribution >= 0.6 is 0 Å². The number of imide groups is 1. The van der Waals surface area contributed by atoms with E-state index in [9.17, 15) is 24.5 Å². The number of carbonyl (C=O) groups excluding carboxylic acids is 3. The Morgan fingerprint density at radius 3 is 2.60 bits per heavy atom. The maximum atomic E-state index is 12.9. The second-order valence-corrected chi connectivity index (χ2v) is 6.54. The minimum atomic E-state index is -0.917. The molecule has 1 heterocycles. The zero-order valence-corrected chi connectivity index (χ0v) is 16.5. The number of nitrogens with zero attached hydrogens (tertiary/aromatic N) is 2. The van der Waals surface area contributed by atoms with Crippen LogP contribution in [0, 0.1) is 10.1 Å².